The minimum atomic E-state index is -0.240. The summed E-state index contributed by atoms with van der Waals surface area (Å²) < 4.78 is 1.73. The van der Waals surface area contributed by atoms with Crippen molar-refractivity contribution in [3.8, 4) is 0 Å². The van der Waals surface area contributed by atoms with Gasteiger partial charge < -0.3 is 10.4 Å². The lowest BCUT2D eigenvalue weighted by Gasteiger charge is -2.03. The van der Waals surface area contributed by atoms with E-state index in [-0.39, 0.29) is 6.10 Å². The molecule has 5 nitrogen and oxygen atoms in total. The standard InChI is InChI=1S/C11H16N4O/c1-9(16)5-4-7-12-11-13-10-6-2-3-8-15(10)14-11/h2-3,6,8-9,16H,4-5,7H2,1H3,(H,12,14). The van der Waals surface area contributed by atoms with Gasteiger partial charge in [0, 0.05) is 12.7 Å². The molecule has 2 N–H and O–H groups in total. The van der Waals surface area contributed by atoms with Crippen molar-refractivity contribution in [2.75, 3.05) is 11.9 Å². The first-order chi connectivity index (χ1) is 7.75. The lowest BCUT2D eigenvalue weighted by atomic mass is 10.2. The van der Waals surface area contributed by atoms with Crippen molar-refractivity contribution in [2.45, 2.75) is 25.9 Å². The van der Waals surface area contributed by atoms with Gasteiger partial charge in [-0.2, -0.15) is 4.98 Å². The molecule has 2 aromatic rings. The lowest BCUT2D eigenvalue weighted by Crippen LogP contribution is -2.07. The summed E-state index contributed by atoms with van der Waals surface area (Å²) in [4.78, 5) is 4.31. The van der Waals surface area contributed by atoms with Crippen molar-refractivity contribution in [1.29, 1.82) is 0 Å². The van der Waals surface area contributed by atoms with Crippen LogP contribution in [-0.4, -0.2) is 32.4 Å². The summed E-state index contributed by atoms with van der Waals surface area (Å²) in [5, 5.41) is 16.5. The quantitative estimate of drug-likeness (QED) is 0.746. The summed E-state index contributed by atoms with van der Waals surface area (Å²) >= 11 is 0. The Balaban J connectivity index is 1.89. The van der Waals surface area contributed by atoms with Gasteiger partial charge in [-0.3, -0.25) is 0 Å². The molecule has 0 saturated heterocycles. The van der Waals surface area contributed by atoms with Crippen LogP contribution >= 0.6 is 0 Å². The van der Waals surface area contributed by atoms with Crippen LogP contribution in [0, 0.1) is 0 Å². The largest absolute Gasteiger partial charge is 0.393 e. The molecule has 1 unspecified atom stereocenters. The van der Waals surface area contributed by atoms with Gasteiger partial charge in [-0.1, -0.05) is 6.07 Å². The number of fused-ring (bicyclic) bond motifs is 1. The first-order valence-electron chi connectivity index (χ1n) is 5.49. The highest BCUT2D eigenvalue weighted by Crippen LogP contribution is 2.04. The molecule has 0 aromatic carbocycles. The van der Waals surface area contributed by atoms with E-state index in [9.17, 15) is 0 Å². The minimum absolute atomic E-state index is 0.240. The third kappa shape index (κ3) is 2.70. The molecule has 2 aromatic heterocycles. The van der Waals surface area contributed by atoms with Crippen molar-refractivity contribution in [1.82, 2.24) is 14.6 Å². The first-order valence-corrected chi connectivity index (χ1v) is 5.49. The molecule has 0 fully saturated rings. The Bertz CT molecular complexity index is 419. The number of aromatic nitrogens is 3. The second-order valence-corrected chi connectivity index (χ2v) is 3.86. The molecule has 86 valence electrons. The minimum Gasteiger partial charge on any atom is -0.393 e. The van der Waals surface area contributed by atoms with E-state index in [1.807, 2.05) is 24.4 Å². The van der Waals surface area contributed by atoms with Gasteiger partial charge in [0.15, 0.2) is 5.65 Å². The van der Waals surface area contributed by atoms with Crippen molar-refractivity contribution >= 4 is 11.6 Å². The Morgan fingerprint density at radius 2 is 2.38 bits per heavy atom. The molecule has 0 bridgehead atoms. The Labute approximate surface area is 94.1 Å². The molecule has 0 amide bonds. The second kappa shape index (κ2) is 4.94. The van der Waals surface area contributed by atoms with Crippen molar-refractivity contribution in [3.63, 3.8) is 0 Å². The number of aliphatic hydroxyl groups excluding tert-OH is 1. The molecule has 0 radical (unpaired) electrons. The van der Waals surface area contributed by atoms with E-state index >= 15 is 0 Å². The molecular weight excluding hydrogens is 204 g/mol. The van der Waals surface area contributed by atoms with Crippen LogP contribution in [0.15, 0.2) is 24.4 Å². The third-order valence-corrected chi connectivity index (χ3v) is 2.32. The highest BCUT2D eigenvalue weighted by atomic mass is 16.3. The fourth-order valence-electron chi connectivity index (χ4n) is 1.50. The summed E-state index contributed by atoms with van der Waals surface area (Å²) in [6.07, 6.45) is 3.33. The molecule has 0 saturated carbocycles. The van der Waals surface area contributed by atoms with E-state index in [0.717, 1.165) is 25.0 Å². The number of hydrogen-bond donors (Lipinski definition) is 2. The van der Waals surface area contributed by atoms with Gasteiger partial charge in [0.05, 0.1) is 6.10 Å². The number of aliphatic hydroxyl groups is 1. The first kappa shape index (κ1) is 10.9. The van der Waals surface area contributed by atoms with E-state index in [0.29, 0.717) is 5.95 Å². The number of anilines is 1. The van der Waals surface area contributed by atoms with Gasteiger partial charge in [0.25, 0.3) is 0 Å². The number of rotatable bonds is 5. The molecule has 2 rings (SSSR count). The normalized spacial score (nSPS) is 12.9. The van der Waals surface area contributed by atoms with E-state index in [4.69, 9.17) is 5.11 Å². The SMILES string of the molecule is CC(O)CCCNc1nc2ccccn2n1. The van der Waals surface area contributed by atoms with Crippen LogP contribution in [0.2, 0.25) is 0 Å². The summed E-state index contributed by atoms with van der Waals surface area (Å²) in [6.45, 7) is 2.57. The maximum Gasteiger partial charge on any atom is 0.243 e. The summed E-state index contributed by atoms with van der Waals surface area (Å²) in [6, 6.07) is 5.76. The van der Waals surface area contributed by atoms with Crippen LogP contribution in [0.25, 0.3) is 5.65 Å². The number of hydrogen-bond acceptors (Lipinski definition) is 4. The average Bonchev–Trinajstić information content (AvgIpc) is 2.66. The summed E-state index contributed by atoms with van der Waals surface area (Å²) in [5.41, 5.74) is 0.834. The van der Waals surface area contributed by atoms with Crippen LogP contribution < -0.4 is 5.32 Å². The smallest absolute Gasteiger partial charge is 0.243 e. The predicted octanol–water partition coefficient (Wildman–Crippen LogP) is 1.30. The number of nitrogens with zero attached hydrogens (tertiary/aromatic N) is 3. The predicted molar refractivity (Wildman–Crippen MR) is 62.4 cm³/mol. The zero-order valence-electron chi connectivity index (χ0n) is 9.30. The van der Waals surface area contributed by atoms with E-state index < -0.39 is 0 Å². The summed E-state index contributed by atoms with van der Waals surface area (Å²) in [5.74, 6) is 0.636. The van der Waals surface area contributed by atoms with Gasteiger partial charge >= 0.3 is 0 Å². The van der Waals surface area contributed by atoms with Crippen molar-refractivity contribution < 1.29 is 5.11 Å². The van der Waals surface area contributed by atoms with Crippen molar-refractivity contribution in [2.24, 2.45) is 0 Å². The van der Waals surface area contributed by atoms with Crippen LogP contribution in [0.4, 0.5) is 5.95 Å². The van der Waals surface area contributed by atoms with E-state index in [1.54, 1.807) is 11.4 Å². The van der Waals surface area contributed by atoms with E-state index in [2.05, 4.69) is 15.4 Å². The highest BCUT2D eigenvalue weighted by molar-refractivity contribution is 5.42. The molecule has 5 heteroatoms. The van der Waals surface area contributed by atoms with Gasteiger partial charge in [0.2, 0.25) is 5.95 Å². The van der Waals surface area contributed by atoms with Gasteiger partial charge in [0.1, 0.15) is 0 Å². The fraction of sp³-hybridized carbons (Fsp3) is 0.455. The summed E-state index contributed by atoms with van der Waals surface area (Å²) in [7, 11) is 0. The lowest BCUT2D eigenvalue weighted by molar-refractivity contribution is 0.183. The molecule has 1 atom stereocenters. The monoisotopic (exact) mass is 220 g/mol. The maximum atomic E-state index is 9.10. The zero-order valence-corrected chi connectivity index (χ0v) is 9.30. The van der Waals surface area contributed by atoms with Crippen LogP contribution in [0.1, 0.15) is 19.8 Å². The van der Waals surface area contributed by atoms with Crippen molar-refractivity contribution in [3.05, 3.63) is 24.4 Å². The number of pyridine rings is 1. The highest BCUT2D eigenvalue weighted by Gasteiger charge is 2.01. The zero-order chi connectivity index (χ0) is 11.4. The van der Waals surface area contributed by atoms with Gasteiger partial charge in [-0.25, -0.2) is 4.52 Å². The molecule has 0 aliphatic carbocycles. The third-order valence-electron chi connectivity index (χ3n) is 2.32. The van der Waals surface area contributed by atoms with Crippen LogP contribution in [-0.2, 0) is 0 Å². The van der Waals surface area contributed by atoms with Gasteiger partial charge in [-0.05, 0) is 31.9 Å². The number of nitrogens with one attached hydrogen (secondary N) is 1. The molecule has 0 aliphatic heterocycles. The molecule has 16 heavy (non-hydrogen) atoms. The van der Waals surface area contributed by atoms with Crippen LogP contribution in [0.5, 0.6) is 0 Å². The second-order valence-electron chi connectivity index (χ2n) is 3.86. The molecular formula is C11H16N4O. The average molecular weight is 220 g/mol. The Morgan fingerprint density at radius 3 is 3.12 bits per heavy atom. The molecule has 2 heterocycles. The Hall–Kier alpha value is -1.62. The molecule has 0 aliphatic rings. The van der Waals surface area contributed by atoms with Gasteiger partial charge in [-0.15, -0.1) is 5.10 Å². The Morgan fingerprint density at radius 1 is 1.50 bits per heavy atom. The topological polar surface area (TPSA) is 62.5 Å². The maximum absolute atomic E-state index is 9.10. The fourth-order valence-corrected chi connectivity index (χ4v) is 1.50. The Kier molecular flexibility index (Phi) is 3.36. The molecule has 0 spiro atoms. The van der Waals surface area contributed by atoms with E-state index in [1.165, 1.54) is 0 Å². The van der Waals surface area contributed by atoms with Crippen LogP contribution in [0.3, 0.4) is 0 Å².